The summed E-state index contributed by atoms with van der Waals surface area (Å²) in [6.07, 6.45) is 9.91. The van der Waals surface area contributed by atoms with Crippen LogP contribution in [0.1, 0.15) is 74.3 Å². The number of piperidine rings is 1. The third-order valence-corrected chi connectivity index (χ3v) is 11.9. The number of benzene rings is 2. The van der Waals surface area contributed by atoms with Crippen molar-refractivity contribution in [3.8, 4) is 17.0 Å². The van der Waals surface area contributed by atoms with Gasteiger partial charge in [-0.3, -0.25) is 9.69 Å². The van der Waals surface area contributed by atoms with Gasteiger partial charge in [0.05, 0.1) is 35.8 Å². The number of hydrogen-bond donors (Lipinski definition) is 0. The summed E-state index contributed by atoms with van der Waals surface area (Å²) in [5, 5.41) is 1.40. The lowest BCUT2D eigenvalue weighted by Gasteiger charge is -2.80. The second kappa shape index (κ2) is 7.24. The summed E-state index contributed by atoms with van der Waals surface area (Å²) < 4.78 is 8.32. The minimum Gasteiger partial charge on any atom is -0.497 e. The molecule has 196 valence electrons. The molecule has 6 aliphatic rings. The highest BCUT2D eigenvalue weighted by Crippen LogP contribution is 2.69. The highest BCUT2D eigenvalue weighted by Gasteiger charge is 2.78. The smallest absolute Gasteiger partial charge is 0.231 e. The third-order valence-electron chi connectivity index (χ3n) is 11.9. The minimum absolute atomic E-state index is 0.269. The maximum absolute atomic E-state index is 14.7. The number of piperazine rings is 1. The number of ether oxygens (including phenoxy) is 1. The zero-order valence-electron chi connectivity index (χ0n) is 22.6. The van der Waals surface area contributed by atoms with E-state index in [0.29, 0.717) is 29.4 Å². The van der Waals surface area contributed by atoms with Crippen molar-refractivity contribution in [2.24, 2.45) is 5.41 Å². The monoisotopic (exact) mass is 507 g/mol. The van der Waals surface area contributed by atoms with E-state index in [1.165, 1.54) is 78.2 Å². The second-order valence-electron chi connectivity index (χ2n) is 13.2. The summed E-state index contributed by atoms with van der Waals surface area (Å²) in [4.78, 5) is 19.5. The van der Waals surface area contributed by atoms with Gasteiger partial charge in [-0.2, -0.15) is 0 Å². The Balaban J connectivity index is 1.23. The zero-order chi connectivity index (χ0) is 25.4. The molecule has 1 amide bonds. The van der Waals surface area contributed by atoms with Gasteiger partial charge in [-0.25, -0.2) is 0 Å². The molecule has 0 radical (unpaired) electrons. The molecule has 1 spiro atoms. The van der Waals surface area contributed by atoms with Crippen LogP contribution in [0.2, 0.25) is 0 Å². The Morgan fingerprint density at radius 2 is 1.87 bits per heavy atom. The fourth-order valence-corrected chi connectivity index (χ4v) is 9.75. The molecule has 5 nitrogen and oxygen atoms in total. The van der Waals surface area contributed by atoms with Gasteiger partial charge >= 0.3 is 0 Å². The van der Waals surface area contributed by atoms with Gasteiger partial charge < -0.3 is 14.2 Å². The third kappa shape index (κ3) is 2.42. The molecule has 2 aromatic carbocycles. The lowest BCUT2D eigenvalue weighted by Crippen LogP contribution is -2.96. The summed E-state index contributed by atoms with van der Waals surface area (Å²) in [5.74, 6) is 2.20. The number of methoxy groups -OCH3 is 1. The van der Waals surface area contributed by atoms with Crippen LogP contribution in [-0.2, 0) is 11.3 Å². The predicted molar refractivity (Wildman–Crippen MR) is 149 cm³/mol. The zero-order valence-corrected chi connectivity index (χ0v) is 22.6. The first-order chi connectivity index (χ1) is 18.6. The maximum atomic E-state index is 14.7. The first kappa shape index (κ1) is 22.1. The van der Waals surface area contributed by atoms with Gasteiger partial charge in [-0.15, -0.1) is 0 Å². The van der Waals surface area contributed by atoms with Crippen molar-refractivity contribution >= 4 is 16.8 Å². The molecule has 4 heterocycles. The fraction of sp³-hybridized carbons (Fsp3) is 0.545. The van der Waals surface area contributed by atoms with Crippen LogP contribution in [0.15, 0.2) is 42.5 Å². The number of nitrogens with zero attached hydrogens (tertiary/aromatic N) is 3. The Bertz CT molecular complexity index is 1510. The van der Waals surface area contributed by atoms with E-state index in [9.17, 15) is 4.79 Å². The van der Waals surface area contributed by atoms with E-state index in [2.05, 4.69) is 63.9 Å². The molecule has 5 unspecified atom stereocenters. The van der Waals surface area contributed by atoms with Crippen LogP contribution in [0.4, 0.5) is 0 Å². The van der Waals surface area contributed by atoms with Gasteiger partial charge in [-0.05, 0) is 80.5 Å². The molecule has 0 N–H and O–H groups in total. The van der Waals surface area contributed by atoms with Crippen LogP contribution >= 0.6 is 0 Å². The first-order valence-corrected chi connectivity index (χ1v) is 14.9. The van der Waals surface area contributed by atoms with E-state index in [-0.39, 0.29) is 11.3 Å². The molecular weight excluding hydrogens is 470 g/mol. The molecule has 5 heteroatoms. The molecule has 5 fully saturated rings. The highest BCUT2D eigenvalue weighted by molar-refractivity contribution is 5.97. The number of likely N-dealkylation sites (tertiary alicyclic amines) is 2. The number of rotatable bonds is 3. The van der Waals surface area contributed by atoms with Crippen molar-refractivity contribution < 1.29 is 9.53 Å². The normalized spacial score (nSPS) is 34.9. The van der Waals surface area contributed by atoms with Crippen molar-refractivity contribution in [1.29, 1.82) is 0 Å². The second-order valence-corrected chi connectivity index (χ2v) is 13.2. The number of amides is 1. The van der Waals surface area contributed by atoms with Gasteiger partial charge in [0.1, 0.15) is 5.75 Å². The van der Waals surface area contributed by atoms with E-state index < -0.39 is 0 Å². The SMILES string of the molecule is COc1ccc2c(c1)C1CC1(C(=O)N1C3CCC34C1CN4C)Cn1c-2c(C2CCCCC2)c2ccccc21. The van der Waals surface area contributed by atoms with Gasteiger partial charge in [0.25, 0.3) is 0 Å². The van der Waals surface area contributed by atoms with Crippen LogP contribution in [0.25, 0.3) is 22.2 Å². The average molecular weight is 508 g/mol. The molecule has 9 rings (SSSR count). The molecule has 0 bridgehead atoms. The molecule has 3 saturated carbocycles. The molecule has 5 atom stereocenters. The lowest BCUT2D eigenvalue weighted by molar-refractivity contribution is -0.278. The number of aromatic nitrogens is 1. The summed E-state index contributed by atoms with van der Waals surface area (Å²) >= 11 is 0. The van der Waals surface area contributed by atoms with Gasteiger partial charge in [0.2, 0.25) is 5.91 Å². The van der Waals surface area contributed by atoms with E-state index in [1.54, 1.807) is 7.11 Å². The van der Waals surface area contributed by atoms with Crippen LogP contribution in [0.3, 0.4) is 0 Å². The predicted octanol–water partition coefficient (Wildman–Crippen LogP) is 5.91. The van der Waals surface area contributed by atoms with Gasteiger partial charge in [0, 0.05) is 35.5 Å². The topological polar surface area (TPSA) is 37.7 Å². The molecular formula is C33H37N3O2. The van der Waals surface area contributed by atoms with Crippen molar-refractivity contribution in [2.45, 2.75) is 87.4 Å². The highest BCUT2D eigenvalue weighted by atomic mass is 16.5. The van der Waals surface area contributed by atoms with E-state index in [1.807, 2.05) is 0 Å². The fourth-order valence-electron chi connectivity index (χ4n) is 9.75. The largest absolute Gasteiger partial charge is 0.497 e. The Labute approximate surface area is 224 Å². The Kier molecular flexibility index (Phi) is 4.20. The van der Waals surface area contributed by atoms with Gasteiger partial charge in [0.15, 0.2) is 0 Å². The summed E-state index contributed by atoms with van der Waals surface area (Å²) in [6.45, 7) is 1.84. The molecule has 38 heavy (non-hydrogen) atoms. The number of fused-ring (bicyclic) bond motifs is 7. The summed E-state index contributed by atoms with van der Waals surface area (Å²) in [5.41, 5.74) is 6.88. The van der Waals surface area contributed by atoms with E-state index in [4.69, 9.17) is 4.74 Å². The number of likely N-dealkylation sites (N-methyl/N-ethyl adjacent to an activating group) is 1. The Hall–Kier alpha value is -2.79. The minimum atomic E-state index is -0.339. The van der Waals surface area contributed by atoms with Crippen LogP contribution in [-0.4, -0.2) is 58.6 Å². The molecule has 3 aliphatic heterocycles. The number of hydrogen-bond acceptors (Lipinski definition) is 3. The molecule has 1 aromatic heterocycles. The number of carbonyl (C=O) groups excluding carboxylic acids is 1. The molecule has 2 saturated heterocycles. The van der Waals surface area contributed by atoms with Crippen molar-refractivity contribution in [2.75, 3.05) is 20.7 Å². The quantitative estimate of drug-likeness (QED) is 0.442. The van der Waals surface area contributed by atoms with E-state index in [0.717, 1.165) is 25.3 Å². The molecule has 3 aromatic rings. The summed E-state index contributed by atoms with van der Waals surface area (Å²) in [6, 6.07) is 16.6. The number of carbonyl (C=O) groups is 1. The first-order valence-electron chi connectivity index (χ1n) is 14.9. The van der Waals surface area contributed by atoms with Crippen LogP contribution in [0, 0.1) is 5.41 Å². The Morgan fingerprint density at radius 1 is 1.03 bits per heavy atom. The van der Waals surface area contributed by atoms with Gasteiger partial charge in [-0.1, -0.05) is 37.5 Å². The van der Waals surface area contributed by atoms with Crippen molar-refractivity contribution in [3.63, 3.8) is 0 Å². The summed E-state index contributed by atoms with van der Waals surface area (Å²) in [7, 11) is 4.01. The van der Waals surface area contributed by atoms with E-state index >= 15 is 0 Å². The number of para-hydroxylation sites is 1. The van der Waals surface area contributed by atoms with Crippen LogP contribution in [0.5, 0.6) is 5.75 Å². The maximum Gasteiger partial charge on any atom is 0.231 e. The molecule has 3 aliphatic carbocycles. The standard InChI is InChI=1S/C33H37N3O2/c1-34-18-28-33(34)15-14-27(33)36(28)31(37)32-17-25(32)24-16-21(38-2)12-13-22(24)30-29(20-8-4-3-5-9-20)23-10-6-7-11-26(23)35(30)19-32/h6-7,10-13,16,20,25,27-28H,3-5,8-9,14-15,17-19H2,1-2H3. The van der Waals surface area contributed by atoms with Crippen LogP contribution < -0.4 is 4.74 Å². The lowest BCUT2D eigenvalue weighted by atomic mass is 9.52. The Morgan fingerprint density at radius 3 is 2.61 bits per heavy atom. The van der Waals surface area contributed by atoms with Crippen molar-refractivity contribution in [1.82, 2.24) is 14.4 Å². The average Bonchev–Trinajstić information content (AvgIpc) is 3.59. The van der Waals surface area contributed by atoms with Crippen molar-refractivity contribution in [3.05, 3.63) is 53.6 Å².